The molecule has 7 heteroatoms. The summed E-state index contributed by atoms with van der Waals surface area (Å²) in [5, 5.41) is 3.82. The van der Waals surface area contributed by atoms with E-state index < -0.39 is 0 Å². The van der Waals surface area contributed by atoms with Gasteiger partial charge in [0.1, 0.15) is 16.2 Å². The number of fused-ring (bicyclic) bond motifs is 1. The smallest absolute Gasteiger partial charge is 0.223 e. The summed E-state index contributed by atoms with van der Waals surface area (Å²) in [5.74, 6) is -0.0412. The molecule has 0 radical (unpaired) electrons. The first-order chi connectivity index (χ1) is 13.2. The third-order valence-corrected chi connectivity index (χ3v) is 5.91. The fraction of sp³-hybridized carbons (Fsp3) is 0.350. The van der Waals surface area contributed by atoms with Gasteiger partial charge >= 0.3 is 0 Å². The third kappa shape index (κ3) is 3.64. The van der Waals surface area contributed by atoms with Crippen molar-refractivity contribution in [2.45, 2.75) is 19.8 Å². The van der Waals surface area contributed by atoms with Crippen LogP contribution in [0, 0.1) is 11.7 Å². The van der Waals surface area contributed by atoms with Crippen molar-refractivity contribution in [3.8, 4) is 11.3 Å². The highest BCUT2D eigenvalue weighted by atomic mass is 32.1. The van der Waals surface area contributed by atoms with Crippen LogP contribution in [0.1, 0.15) is 19.8 Å². The van der Waals surface area contributed by atoms with E-state index in [0.717, 1.165) is 41.4 Å². The zero-order valence-electron chi connectivity index (χ0n) is 15.1. The van der Waals surface area contributed by atoms with Crippen LogP contribution >= 0.6 is 11.3 Å². The fourth-order valence-electron chi connectivity index (χ4n) is 3.41. The molecule has 1 aliphatic heterocycles. The lowest BCUT2D eigenvalue weighted by molar-refractivity contribution is -0.125. The van der Waals surface area contributed by atoms with Gasteiger partial charge in [-0.15, -0.1) is 0 Å². The van der Waals surface area contributed by atoms with E-state index in [1.165, 1.54) is 17.4 Å². The number of nitrogens with zero attached hydrogens (tertiary/aromatic N) is 3. The van der Waals surface area contributed by atoms with Crippen molar-refractivity contribution in [3.05, 3.63) is 42.2 Å². The number of piperidine rings is 1. The molecular weight excluding hydrogens is 363 g/mol. The quantitative estimate of drug-likeness (QED) is 0.742. The Morgan fingerprint density at radius 1 is 1.22 bits per heavy atom. The van der Waals surface area contributed by atoms with Crippen molar-refractivity contribution in [3.63, 3.8) is 0 Å². The van der Waals surface area contributed by atoms with Gasteiger partial charge in [-0.1, -0.05) is 23.5 Å². The van der Waals surface area contributed by atoms with Crippen LogP contribution in [0.4, 0.5) is 9.52 Å². The first kappa shape index (κ1) is 17.9. The number of anilines is 1. The number of carbonyl (C=O) groups excluding carboxylic acids is 1. The number of rotatable bonds is 4. The van der Waals surface area contributed by atoms with E-state index in [2.05, 4.69) is 20.2 Å². The Kier molecular flexibility index (Phi) is 5.03. The maximum atomic E-state index is 14.0. The predicted molar refractivity (Wildman–Crippen MR) is 106 cm³/mol. The van der Waals surface area contributed by atoms with Crippen LogP contribution in [0.5, 0.6) is 0 Å². The number of hydrogen-bond donors (Lipinski definition) is 1. The minimum atomic E-state index is -0.276. The first-order valence-corrected chi connectivity index (χ1v) is 10.0. The molecule has 1 aromatic carbocycles. The molecule has 1 fully saturated rings. The standard InChI is InChI=1S/C20H21FN4OS/c1-2-22-18(26)13-9-11-25(12-10-13)20-24-17-8-7-16(23-19(17)27-20)14-5-3-4-6-15(14)21/h3-8,13H,2,9-12H2,1H3,(H,22,26). The topological polar surface area (TPSA) is 58.1 Å². The molecule has 2 aromatic heterocycles. The van der Waals surface area contributed by atoms with Gasteiger partial charge < -0.3 is 10.2 Å². The molecule has 27 heavy (non-hydrogen) atoms. The number of pyridine rings is 1. The Morgan fingerprint density at radius 3 is 2.74 bits per heavy atom. The van der Waals surface area contributed by atoms with Gasteiger partial charge in [-0.2, -0.15) is 0 Å². The lowest BCUT2D eigenvalue weighted by Gasteiger charge is -2.30. The molecule has 3 aromatic rings. The molecule has 0 saturated carbocycles. The number of benzene rings is 1. The normalized spacial score (nSPS) is 15.3. The minimum absolute atomic E-state index is 0.0846. The molecule has 0 spiro atoms. The summed E-state index contributed by atoms with van der Waals surface area (Å²) in [5.41, 5.74) is 1.93. The molecule has 0 atom stereocenters. The number of aromatic nitrogens is 2. The molecule has 1 N–H and O–H groups in total. The van der Waals surface area contributed by atoms with E-state index in [1.54, 1.807) is 18.2 Å². The number of carbonyl (C=O) groups is 1. The fourth-order valence-corrected chi connectivity index (χ4v) is 4.40. The van der Waals surface area contributed by atoms with E-state index >= 15 is 0 Å². The highest BCUT2D eigenvalue weighted by molar-refractivity contribution is 7.21. The van der Waals surface area contributed by atoms with Crippen molar-refractivity contribution in [2.24, 2.45) is 5.92 Å². The van der Waals surface area contributed by atoms with Crippen LogP contribution in [0.25, 0.3) is 21.6 Å². The second-order valence-corrected chi connectivity index (χ2v) is 7.61. The summed E-state index contributed by atoms with van der Waals surface area (Å²) in [6.45, 7) is 4.23. The number of halogens is 1. The Bertz CT molecular complexity index is 966. The molecular formula is C20H21FN4OS. The van der Waals surface area contributed by atoms with E-state index in [0.29, 0.717) is 17.8 Å². The summed E-state index contributed by atoms with van der Waals surface area (Å²) < 4.78 is 14.0. The predicted octanol–water partition coefficient (Wildman–Crippen LogP) is 3.85. The van der Waals surface area contributed by atoms with Gasteiger partial charge in [0.25, 0.3) is 0 Å². The van der Waals surface area contributed by atoms with Crippen molar-refractivity contribution < 1.29 is 9.18 Å². The first-order valence-electron chi connectivity index (χ1n) is 9.21. The van der Waals surface area contributed by atoms with Crippen LogP contribution in [-0.2, 0) is 4.79 Å². The molecule has 140 valence electrons. The van der Waals surface area contributed by atoms with Crippen LogP contribution in [-0.4, -0.2) is 35.5 Å². The Hall–Kier alpha value is -2.54. The number of thiazole rings is 1. The number of nitrogens with one attached hydrogen (secondary N) is 1. The maximum absolute atomic E-state index is 14.0. The van der Waals surface area contributed by atoms with Gasteiger partial charge in [-0.25, -0.2) is 14.4 Å². The van der Waals surface area contributed by atoms with Crippen LogP contribution in [0.15, 0.2) is 36.4 Å². The summed E-state index contributed by atoms with van der Waals surface area (Å²) in [7, 11) is 0. The van der Waals surface area contributed by atoms with Gasteiger partial charge in [-0.05, 0) is 44.0 Å². The van der Waals surface area contributed by atoms with E-state index in [-0.39, 0.29) is 17.6 Å². The highest BCUT2D eigenvalue weighted by Crippen LogP contribution is 2.32. The van der Waals surface area contributed by atoms with E-state index in [4.69, 9.17) is 0 Å². The number of hydrogen-bond acceptors (Lipinski definition) is 5. The van der Waals surface area contributed by atoms with Gasteiger partial charge in [0, 0.05) is 31.1 Å². The molecule has 5 nitrogen and oxygen atoms in total. The van der Waals surface area contributed by atoms with Crippen molar-refractivity contribution >= 4 is 32.7 Å². The van der Waals surface area contributed by atoms with Crippen LogP contribution in [0.2, 0.25) is 0 Å². The molecule has 1 aliphatic rings. The zero-order chi connectivity index (χ0) is 18.8. The van der Waals surface area contributed by atoms with Crippen molar-refractivity contribution in [1.29, 1.82) is 0 Å². The largest absolute Gasteiger partial charge is 0.356 e. The maximum Gasteiger partial charge on any atom is 0.223 e. The molecule has 1 saturated heterocycles. The van der Waals surface area contributed by atoms with Gasteiger partial charge in [0.2, 0.25) is 5.91 Å². The third-order valence-electron chi connectivity index (χ3n) is 4.88. The average molecular weight is 384 g/mol. The summed E-state index contributed by atoms with van der Waals surface area (Å²) in [4.78, 5) is 24.3. The lowest BCUT2D eigenvalue weighted by Crippen LogP contribution is -2.40. The van der Waals surface area contributed by atoms with Gasteiger partial charge in [-0.3, -0.25) is 4.79 Å². The Morgan fingerprint density at radius 2 is 2.00 bits per heavy atom. The van der Waals surface area contributed by atoms with Gasteiger partial charge in [0.05, 0.1) is 5.69 Å². The average Bonchev–Trinajstić information content (AvgIpc) is 3.12. The summed E-state index contributed by atoms with van der Waals surface area (Å²) >= 11 is 1.52. The molecule has 1 amide bonds. The minimum Gasteiger partial charge on any atom is -0.356 e. The molecule has 0 unspecified atom stereocenters. The van der Waals surface area contributed by atoms with Crippen LogP contribution < -0.4 is 10.2 Å². The summed E-state index contributed by atoms with van der Waals surface area (Å²) in [6, 6.07) is 10.4. The SMILES string of the molecule is CCNC(=O)C1CCN(c2nc3ccc(-c4ccccc4F)nc3s2)CC1. The highest BCUT2D eigenvalue weighted by Gasteiger charge is 2.26. The second-order valence-electron chi connectivity index (χ2n) is 6.65. The number of amides is 1. The molecule has 0 bridgehead atoms. The lowest BCUT2D eigenvalue weighted by atomic mass is 9.96. The van der Waals surface area contributed by atoms with Gasteiger partial charge in [0.15, 0.2) is 5.13 Å². The Balaban J connectivity index is 1.53. The second kappa shape index (κ2) is 7.60. The summed E-state index contributed by atoms with van der Waals surface area (Å²) in [6.07, 6.45) is 1.66. The molecule has 0 aliphatic carbocycles. The zero-order valence-corrected chi connectivity index (χ0v) is 15.9. The van der Waals surface area contributed by atoms with E-state index in [9.17, 15) is 9.18 Å². The van der Waals surface area contributed by atoms with Crippen LogP contribution in [0.3, 0.4) is 0 Å². The van der Waals surface area contributed by atoms with E-state index in [1.807, 2.05) is 19.1 Å². The van der Waals surface area contributed by atoms with Crippen molar-refractivity contribution in [1.82, 2.24) is 15.3 Å². The Labute approximate surface area is 161 Å². The van der Waals surface area contributed by atoms with Crippen molar-refractivity contribution in [2.75, 3.05) is 24.5 Å². The molecule has 3 heterocycles. The molecule has 4 rings (SSSR count). The monoisotopic (exact) mass is 384 g/mol.